The number of para-hydroxylation sites is 2. The maximum absolute atomic E-state index is 6.29. The molecule has 14 heteroatoms. The number of ether oxygens (including phenoxy) is 3. The number of morpholine rings is 1. The maximum Gasteiger partial charge on any atom is 0.232 e. The van der Waals surface area contributed by atoms with Gasteiger partial charge in [-0.2, -0.15) is 29.8 Å². The summed E-state index contributed by atoms with van der Waals surface area (Å²) in [5.74, 6) is 3.97. The average Bonchev–Trinajstić information content (AvgIpc) is 3.71. The molecule has 1 fully saturated rings. The van der Waals surface area contributed by atoms with Gasteiger partial charge < -0.3 is 28.6 Å². The van der Waals surface area contributed by atoms with Crippen molar-refractivity contribution >= 4 is 38.6 Å². The zero-order valence-electron chi connectivity index (χ0n) is 28.4. The molecule has 4 aromatic heterocycles. The van der Waals surface area contributed by atoms with E-state index in [1.807, 2.05) is 47.1 Å². The molecule has 0 aliphatic carbocycles. The van der Waals surface area contributed by atoms with Crippen LogP contribution < -0.4 is 14.5 Å². The highest BCUT2D eigenvalue weighted by molar-refractivity contribution is 8.32. The van der Waals surface area contributed by atoms with Crippen LogP contribution in [0.15, 0.2) is 73.2 Å². The largest absolute Gasteiger partial charge is 0.497 e. The summed E-state index contributed by atoms with van der Waals surface area (Å²) in [6.07, 6.45) is 12.2. The first-order valence-electron chi connectivity index (χ1n) is 16.3. The van der Waals surface area contributed by atoms with E-state index in [4.69, 9.17) is 34.3 Å². The molecule has 1 aliphatic heterocycles. The van der Waals surface area contributed by atoms with E-state index in [0.717, 1.165) is 45.1 Å². The van der Waals surface area contributed by atoms with Gasteiger partial charge >= 0.3 is 0 Å². The van der Waals surface area contributed by atoms with Gasteiger partial charge in [0.1, 0.15) is 18.3 Å². The molecule has 49 heavy (non-hydrogen) atoms. The van der Waals surface area contributed by atoms with Crippen molar-refractivity contribution in [2.24, 2.45) is 0 Å². The molecule has 256 valence electrons. The molecule has 13 nitrogen and oxygen atoms in total. The fourth-order valence-electron chi connectivity index (χ4n) is 5.79. The molecule has 6 aromatic rings. The molecule has 0 atom stereocenters. The van der Waals surface area contributed by atoms with Gasteiger partial charge in [0.15, 0.2) is 5.65 Å². The topological polar surface area (TPSA) is 121 Å². The third-order valence-electron chi connectivity index (χ3n) is 8.47. The van der Waals surface area contributed by atoms with Gasteiger partial charge in [-0.1, -0.05) is 24.3 Å². The van der Waals surface area contributed by atoms with Gasteiger partial charge in [-0.15, -0.1) is 0 Å². The second-order valence-corrected chi connectivity index (χ2v) is 17.4. The summed E-state index contributed by atoms with van der Waals surface area (Å²) < 4.78 is 21.4. The predicted molar refractivity (Wildman–Crippen MR) is 194 cm³/mol. The average molecular weight is 683 g/mol. The summed E-state index contributed by atoms with van der Waals surface area (Å²) >= 11 is 0. The van der Waals surface area contributed by atoms with Gasteiger partial charge in [-0.3, -0.25) is 0 Å². The van der Waals surface area contributed by atoms with Gasteiger partial charge in [0.2, 0.25) is 11.9 Å². The number of hydrogen-bond donors (Lipinski definition) is 0. The molecule has 7 rings (SSSR count). The first-order chi connectivity index (χ1) is 23.9. The summed E-state index contributed by atoms with van der Waals surface area (Å²) in [5, 5.41) is 12.9. The molecule has 0 unspecified atom stereocenters. The third-order valence-corrected chi connectivity index (χ3v) is 9.86. The number of aromatic nitrogens is 8. The maximum atomic E-state index is 6.29. The third kappa shape index (κ3) is 7.46. The lowest BCUT2D eigenvalue weighted by molar-refractivity contribution is 0.0903. The monoisotopic (exact) mass is 682 g/mol. The van der Waals surface area contributed by atoms with Crippen LogP contribution in [0.4, 0.5) is 11.9 Å². The normalized spacial score (nSPS) is 14.1. The molecule has 1 aliphatic rings. The van der Waals surface area contributed by atoms with E-state index in [9.17, 15) is 0 Å². The molecule has 1 saturated heterocycles. The number of nitrogens with zero attached hydrogens (tertiary/aromatic N) is 10. The Morgan fingerprint density at radius 1 is 0.898 bits per heavy atom. The molecule has 0 saturated carbocycles. The molecule has 0 spiro atoms. The van der Waals surface area contributed by atoms with E-state index in [1.54, 1.807) is 19.5 Å². The smallest absolute Gasteiger partial charge is 0.232 e. The quantitative estimate of drug-likeness (QED) is 0.158. The van der Waals surface area contributed by atoms with Crippen LogP contribution in [0.25, 0.3) is 27.8 Å². The fraction of sp³-hybridized carbons (Fsp3) is 0.371. The van der Waals surface area contributed by atoms with Crippen LogP contribution in [0.5, 0.6) is 5.75 Å². The van der Waals surface area contributed by atoms with Crippen molar-refractivity contribution in [3.63, 3.8) is 0 Å². The lowest BCUT2D eigenvalue weighted by Gasteiger charge is -2.29. The first kappa shape index (κ1) is 32.7. The highest BCUT2D eigenvalue weighted by Gasteiger charge is 2.25. The second kappa shape index (κ2) is 14.4. The minimum absolute atomic E-state index is 0.404. The Bertz CT molecular complexity index is 2000. The Hall–Kier alpha value is -4.79. The van der Waals surface area contributed by atoms with Crippen molar-refractivity contribution < 1.29 is 14.2 Å². The molecule has 0 radical (unpaired) electrons. The van der Waals surface area contributed by atoms with Gasteiger partial charge in [0, 0.05) is 36.5 Å². The number of imidazole rings is 1. The number of fused-ring (bicyclic) bond motifs is 2. The summed E-state index contributed by atoms with van der Waals surface area (Å²) in [6, 6.07) is 18.2. The minimum Gasteiger partial charge on any atom is -0.497 e. The lowest BCUT2D eigenvalue weighted by Crippen LogP contribution is -2.38. The van der Waals surface area contributed by atoms with Gasteiger partial charge in [-0.25, -0.2) is 15.0 Å². The number of methoxy groups -OCH3 is 1. The number of rotatable bonds is 13. The SMILES string of the molecule is COc1ccc(CN(Cc2nc3ccccc3n2COCCS(C)(C)C)c2nc(N3CCOCC3)nc3c(-c4ccnnc4)cnn23)cc1. The molecule has 0 N–H and O–H groups in total. The summed E-state index contributed by atoms with van der Waals surface area (Å²) in [4.78, 5) is 19.8. The number of benzene rings is 2. The Kier molecular flexibility index (Phi) is 9.60. The van der Waals surface area contributed by atoms with Gasteiger partial charge in [0.05, 0.1) is 63.1 Å². The Balaban J connectivity index is 1.34. The zero-order valence-corrected chi connectivity index (χ0v) is 29.2. The van der Waals surface area contributed by atoms with Crippen molar-refractivity contribution in [2.75, 3.05) is 74.3 Å². The van der Waals surface area contributed by atoms with Crippen molar-refractivity contribution in [2.45, 2.75) is 19.8 Å². The Labute approximate surface area is 287 Å². The molecular weight excluding hydrogens is 641 g/mol. The molecule has 0 bridgehead atoms. The molecule has 5 heterocycles. The van der Waals surface area contributed by atoms with Crippen LogP contribution in [-0.2, 0) is 29.3 Å². The van der Waals surface area contributed by atoms with Crippen LogP contribution in [0.2, 0.25) is 0 Å². The highest BCUT2D eigenvalue weighted by atomic mass is 32.3. The van der Waals surface area contributed by atoms with Crippen LogP contribution in [0, 0.1) is 0 Å². The summed E-state index contributed by atoms with van der Waals surface area (Å²) in [7, 11) is 1.00. The van der Waals surface area contributed by atoms with E-state index >= 15 is 0 Å². The van der Waals surface area contributed by atoms with Crippen molar-refractivity contribution in [1.29, 1.82) is 0 Å². The highest BCUT2D eigenvalue weighted by Crippen LogP contribution is 2.34. The van der Waals surface area contributed by atoms with Crippen LogP contribution in [0.1, 0.15) is 11.4 Å². The molecule has 0 amide bonds. The molecular formula is C35H42N10O3S. The van der Waals surface area contributed by atoms with E-state index in [1.165, 1.54) is 0 Å². The van der Waals surface area contributed by atoms with E-state index in [2.05, 4.69) is 61.5 Å². The van der Waals surface area contributed by atoms with E-state index in [-0.39, 0.29) is 0 Å². The molecule has 2 aromatic carbocycles. The van der Waals surface area contributed by atoms with Crippen molar-refractivity contribution in [1.82, 2.24) is 39.3 Å². The van der Waals surface area contributed by atoms with E-state index in [0.29, 0.717) is 70.3 Å². The standard InChI is InChI=1S/C35H42N10O3S/c1-46-28-11-9-26(10-12-28)23-43(24-32-39-30-7-5-6-8-31(30)44(32)25-48-19-20-49(2,3)4)35-41-34(42-15-17-47-18-16-42)40-33-29(22-38-45(33)35)27-13-14-36-37-21-27/h5-14,21-22H,15-20,23-25H2,1-4H3. The van der Waals surface area contributed by atoms with Crippen molar-refractivity contribution in [3.8, 4) is 16.9 Å². The Morgan fingerprint density at radius 2 is 1.71 bits per heavy atom. The minimum atomic E-state index is -0.675. The number of hydrogen-bond acceptors (Lipinski definition) is 11. The van der Waals surface area contributed by atoms with Crippen molar-refractivity contribution in [3.05, 3.63) is 84.6 Å². The lowest BCUT2D eigenvalue weighted by atomic mass is 10.2. The van der Waals surface area contributed by atoms with Gasteiger partial charge in [-0.05, 0) is 54.7 Å². The first-order valence-corrected chi connectivity index (χ1v) is 19.3. The van der Waals surface area contributed by atoms with Crippen LogP contribution >= 0.6 is 10.0 Å². The zero-order chi connectivity index (χ0) is 33.8. The Morgan fingerprint density at radius 3 is 2.47 bits per heavy atom. The van der Waals surface area contributed by atoms with E-state index < -0.39 is 10.0 Å². The fourth-order valence-corrected chi connectivity index (χ4v) is 6.41. The summed E-state index contributed by atoms with van der Waals surface area (Å²) in [5.41, 5.74) is 5.43. The number of anilines is 2. The predicted octanol–water partition coefficient (Wildman–Crippen LogP) is 4.65. The van der Waals surface area contributed by atoms with Gasteiger partial charge in [0.25, 0.3) is 0 Å². The summed E-state index contributed by atoms with van der Waals surface area (Å²) in [6.45, 7) is 4.67. The second-order valence-electron chi connectivity index (χ2n) is 12.8. The van der Waals surface area contributed by atoms with Crippen LogP contribution in [0.3, 0.4) is 0 Å². The van der Waals surface area contributed by atoms with Crippen LogP contribution in [-0.4, -0.2) is 104 Å².